The molecule has 2 aromatic carbocycles. The number of rotatable bonds is 4. The molecule has 2 aromatic rings. The molecule has 2 saturated heterocycles. The summed E-state index contributed by atoms with van der Waals surface area (Å²) in [4.78, 5) is 29.2. The summed E-state index contributed by atoms with van der Waals surface area (Å²) < 4.78 is 5.41. The van der Waals surface area contributed by atoms with E-state index < -0.39 is 0 Å². The second-order valence-electron chi connectivity index (χ2n) is 7.00. The Morgan fingerprint density at radius 3 is 2.62 bits per heavy atom. The molecule has 4 rings (SSSR count). The molecule has 0 saturated carbocycles. The lowest BCUT2D eigenvalue weighted by molar-refractivity contribution is -0.123. The van der Waals surface area contributed by atoms with Gasteiger partial charge in [0.1, 0.15) is 0 Å². The molecule has 0 spiro atoms. The van der Waals surface area contributed by atoms with Crippen molar-refractivity contribution in [1.82, 2.24) is 4.90 Å². The first kappa shape index (κ1) is 20.0. The van der Waals surface area contributed by atoms with E-state index in [4.69, 9.17) is 16.3 Å². The van der Waals surface area contributed by atoms with Gasteiger partial charge in [-0.25, -0.2) is 0 Å². The minimum Gasteiger partial charge on any atom is -0.378 e. The number of carbonyl (C=O) groups excluding carboxylic acids is 2. The number of hydrogen-bond acceptors (Lipinski definition) is 5. The van der Waals surface area contributed by atoms with E-state index >= 15 is 0 Å². The lowest BCUT2D eigenvalue weighted by Gasteiger charge is -2.29. The highest BCUT2D eigenvalue weighted by molar-refractivity contribution is 8.18. The van der Waals surface area contributed by atoms with Crippen molar-refractivity contribution >= 4 is 46.3 Å². The van der Waals surface area contributed by atoms with Crippen LogP contribution in [0.1, 0.15) is 16.7 Å². The third-order valence-electron chi connectivity index (χ3n) is 5.08. The number of ether oxygens (including phenoxy) is 1. The molecule has 2 fully saturated rings. The van der Waals surface area contributed by atoms with Crippen LogP contribution in [0.3, 0.4) is 0 Å². The van der Waals surface area contributed by atoms with Crippen LogP contribution in [0.5, 0.6) is 0 Å². The number of benzene rings is 2. The zero-order valence-corrected chi connectivity index (χ0v) is 17.6. The van der Waals surface area contributed by atoms with Crippen molar-refractivity contribution in [3.05, 3.63) is 69.1 Å². The largest absolute Gasteiger partial charge is 0.378 e. The van der Waals surface area contributed by atoms with Crippen LogP contribution in [0.4, 0.5) is 10.5 Å². The van der Waals surface area contributed by atoms with E-state index in [1.807, 2.05) is 31.2 Å². The maximum atomic E-state index is 12.8. The van der Waals surface area contributed by atoms with E-state index in [0.29, 0.717) is 9.93 Å². The Morgan fingerprint density at radius 1 is 1.14 bits per heavy atom. The quantitative estimate of drug-likeness (QED) is 0.659. The van der Waals surface area contributed by atoms with Crippen molar-refractivity contribution in [3.63, 3.8) is 0 Å². The van der Waals surface area contributed by atoms with Crippen molar-refractivity contribution in [2.45, 2.75) is 13.5 Å². The van der Waals surface area contributed by atoms with Crippen LogP contribution in [0.25, 0.3) is 6.08 Å². The molecule has 2 aliphatic heterocycles. The Balaban J connectivity index is 1.53. The molecule has 0 unspecified atom stereocenters. The molecular formula is C22H21ClN2O3S. The van der Waals surface area contributed by atoms with Crippen molar-refractivity contribution in [2.75, 3.05) is 31.2 Å². The van der Waals surface area contributed by atoms with Gasteiger partial charge in [-0.2, -0.15) is 0 Å². The summed E-state index contributed by atoms with van der Waals surface area (Å²) in [5.74, 6) is -0.281. The number of thioether (sulfide) groups is 1. The number of aryl methyl sites for hydroxylation is 1. The molecule has 0 radical (unpaired) electrons. The Hall–Kier alpha value is -2.28. The predicted molar refractivity (Wildman–Crippen MR) is 117 cm³/mol. The molecular weight excluding hydrogens is 408 g/mol. The number of amides is 2. The molecule has 2 aliphatic rings. The molecule has 7 heteroatoms. The molecule has 0 atom stereocenters. The molecule has 150 valence electrons. The number of anilines is 1. The second-order valence-corrected chi connectivity index (χ2v) is 8.40. The van der Waals surface area contributed by atoms with E-state index in [1.165, 1.54) is 4.90 Å². The average Bonchev–Trinajstić information content (AvgIpc) is 2.99. The van der Waals surface area contributed by atoms with Crippen molar-refractivity contribution in [2.24, 2.45) is 0 Å². The van der Waals surface area contributed by atoms with Gasteiger partial charge in [0.2, 0.25) is 0 Å². The third-order valence-corrected chi connectivity index (χ3v) is 6.35. The number of morpholine rings is 1. The Kier molecular flexibility index (Phi) is 5.94. The lowest BCUT2D eigenvalue weighted by Crippen LogP contribution is -2.36. The highest BCUT2D eigenvalue weighted by atomic mass is 35.5. The van der Waals surface area contributed by atoms with E-state index in [9.17, 15) is 9.59 Å². The summed E-state index contributed by atoms with van der Waals surface area (Å²) in [6.07, 6.45) is 1.80. The Morgan fingerprint density at radius 2 is 1.90 bits per heavy atom. The van der Waals surface area contributed by atoms with E-state index in [0.717, 1.165) is 60.4 Å². The zero-order chi connectivity index (χ0) is 20.4. The zero-order valence-electron chi connectivity index (χ0n) is 16.1. The summed E-state index contributed by atoms with van der Waals surface area (Å²) in [6, 6.07) is 13.4. The third kappa shape index (κ3) is 4.34. The number of nitrogens with zero attached hydrogens (tertiary/aromatic N) is 2. The number of imide groups is 1. The van der Waals surface area contributed by atoms with Gasteiger partial charge in [-0.05, 0) is 59.7 Å². The molecule has 2 heterocycles. The first-order chi connectivity index (χ1) is 14.0. The summed E-state index contributed by atoms with van der Waals surface area (Å²) in [5.41, 5.74) is 3.90. The molecule has 0 aliphatic carbocycles. The normalized spacial score (nSPS) is 18.8. The monoisotopic (exact) mass is 428 g/mol. The average molecular weight is 429 g/mol. The minimum atomic E-state index is -0.281. The van der Waals surface area contributed by atoms with Crippen LogP contribution >= 0.6 is 23.4 Å². The summed E-state index contributed by atoms with van der Waals surface area (Å²) in [6.45, 7) is 5.42. The predicted octanol–water partition coefficient (Wildman–Crippen LogP) is 4.72. The SMILES string of the molecule is Cc1cc(N2CCOCC2)ccc1/C=C1\SC(=O)N(Cc2ccccc2Cl)C1=O. The fourth-order valence-electron chi connectivity index (χ4n) is 3.41. The number of hydrogen-bond donors (Lipinski definition) is 0. The summed E-state index contributed by atoms with van der Waals surface area (Å²) in [7, 11) is 0. The maximum absolute atomic E-state index is 12.8. The van der Waals surface area contributed by atoms with Crippen molar-refractivity contribution < 1.29 is 14.3 Å². The second kappa shape index (κ2) is 8.61. The van der Waals surface area contributed by atoms with Gasteiger partial charge in [0.15, 0.2) is 0 Å². The topological polar surface area (TPSA) is 49.9 Å². The van der Waals surface area contributed by atoms with Gasteiger partial charge >= 0.3 is 0 Å². The first-order valence-electron chi connectivity index (χ1n) is 9.45. The standard InChI is InChI=1S/C22H21ClN2O3S/c1-15-12-18(24-8-10-28-11-9-24)7-6-16(15)13-20-21(26)25(22(27)29-20)14-17-4-2-3-5-19(17)23/h2-7,12-13H,8-11,14H2,1H3/b20-13-. The van der Waals surface area contributed by atoms with Crippen molar-refractivity contribution in [1.29, 1.82) is 0 Å². The maximum Gasteiger partial charge on any atom is 0.293 e. The van der Waals surface area contributed by atoms with Crippen LogP contribution in [0.2, 0.25) is 5.02 Å². The molecule has 0 aromatic heterocycles. The van der Waals surface area contributed by atoms with Gasteiger partial charge in [0, 0.05) is 23.8 Å². The van der Waals surface area contributed by atoms with E-state index in [2.05, 4.69) is 17.0 Å². The molecule has 0 bridgehead atoms. The highest BCUT2D eigenvalue weighted by Crippen LogP contribution is 2.35. The van der Waals surface area contributed by atoms with E-state index in [1.54, 1.807) is 12.1 Å². The molecule has 0 N–H and O–H groups in total. The van der Waals surface area contributed by atoms with E-state index in [-0.39, 0.29) is 17.7 Å². The van der Waals surface area contributed by atoms with Crippen molar-refractivity contribution in [3.8, 4) is 0 Å². The van der Waals surface area contributed by atoms with Crippen LogP contribution in [0.15, 0.2) is 47.4 Å². The van der Waals surface area contributed by atoms with Gasteiger partial charge in [-0.1, -0.05) is 35.9 Å². The van der Waals surface area contributed by atoms with Gasteiger partial charge in [-0.15, -0.1) is 0 Å². The molecule has 2 amide bonds. The minimum absolute atomic E-state index is 0.177. The lowest BCUT2D eigenvalue weighted by atomic mass is 10.1. The number of halogens is 1. The molecule has 29 heavy (non-hydrogen) atoms. The highest BCUT2D eigenvalue weighted by Gasteiger charge is 2.35. The van der Waals surface area contributed by atoms with Gasteiger partial charge in [0.05, 0.1) is 24.7 Å². The summed E-state index contributed by atoms with van der Waals surface area (Å²) in [5, 5.41) is 0.272. The van der Waals surface area contributed by atoms with Crippen LogP contribution in [-0.2, 0) is 16.1 Å². The molecule has 5 nitrogen and oxygen atoms in total. The fraction of sp³-hybridized carbons (Fsp3) is 0.273. The first-order valence-corrected chi connectivity index (χ1v) is 10.6. The smallest absolute Gasteiger partial charge is 0.293 e. The van der Waals surface area contributed by atoms with Crippen LogP contribution in [0, 0.1) is 6.92 Å². The van der Waals surface area contributed by atoms with Gasteiger partial charge in [0.25, 0.3) is 11.1 Å². The van der Waals surface area contributed by atoms with Gasteiger partial charge < -0.3 is 9.64 Å². The Bertz CT molecular complexity index is 986. The van der Waals surface area contributed by atoms with Crippen LogP contribution < -0.4 is 4.90 Å². The summed E-state index contributed by atoms with van der Waals surface area (Å²) >= 11 is 7.15. The van der Waals surface area contributed by atoms with Crippen LogP contribution in [-0.4, -0.2) is 42.3 Å². The van der Waals surface area contributed by atoms with Gasteiger partial charge in [-0.3, -0.25) is 14.5 Å². The fourth-order valence-corrected chi connectivity index (χ4v) is 4.44. The Labute approximate surface area is 179 Å². The number of carbonyl (C=O) groups is 2.